The first kappa shape index (κ1) is 13.9. The van der Waals surface area contributed by atoms with E-state index in [4.69, 9.17) is 0 Å². The van der Waals surface area contributed by atoms with Crippen molar-refractivity contribution in [2.75, 3.05) is 11.5 Å². The van der Waals surface area contributed by atoms with Crippen LogP contribution < -0.4 is 0 Å². The number of hydrogen-bond acceptors (Lipinski definition) is 5. The van der Waals surface area contributed by atoms with Crippen LogP contribution in [0.1, 0.15) is 13.8 Å². The van der Waals surface area contributed by atoms with Gasteiger partial charge < -0.3 is 0 Å². The van der Waals surface area contributed by atoms with Gasteiger partial charge in [-0.05, 0) is 35.8 Å². The third-order valence-electron chi connectivity index (χ3n) is 1.89. The van der Waals surface area contributed by atoms with E-state index in [0.717, 1.165) is 11.5 Å². The Morgan fingerprint density at radius 2 is 1.18 bits per heavy atom. The fourth-order valence-corrected chi connectivity index (χ4v) is 7.17. The van der Waals surface area contributed by atoms with Gasteiger partial charge in [-0.3, -0.25) is 0 Å². The van der Waals surface area contributed by atoms with Gasteiger partial charge in [0.05, 0.1) is 16.8 Å². The highest BCUT2D eigenvalue weighted by Gasteiger charge is 2.05. The van der Waals surface area contributed by atoms with Crippen molar-refractivity contribution in [3.8, 4) is 0 Å². The van der Waals surface area contributed by atoms with Crippen molar-refractivity contribution in [2.45, 2.75) is 30.7 Å². The molecule has 0 unspecified atom stereocenters. The Morgan fingerprint density at radius 1 is 0.765 bits per heavy atom. The maximum absolute atomic E-state index is 2.24. The molecule has 0 aliphatic heterocycles. The molecule has 0 N–H and O–H groups in total. The summed E-state index contributed by atoms with van der Waals surface area (Å²) in [6, 6.07) is 8.94. The minimum atomic E-state index is 1.15. The molecule has 0 aliphatic carbocycles. The maximum Gasteiger partial charge on any atom is 0.0666 e. The molecule has 0 saturated carbocycles. The van der Waals surface area contributed by atoms with E-state index in [1.165, 1.54) is 16.8 Å². The van der Waals surface area contributed by atoms with Gasteiger partial charge in [0, 0.05) is 0 Å². The fraction of sp³-hybridized carbons (Fsp3) is 0.333. The number of thioether (sulfide) groups is 2. The van der Waals surface area contributed by atoms with Crippen molar-refractivity contribution in [2.24, 2.45) is 0 Å². The number of rotatable bonds is 6. The average Bonchev–Trinajstić information content (AvgIpc) is 2.91. The lowest BCUT2D eigenvalue weighted by Gasteiger charge is -1.93. The second kappa shape index (κ2) is 7.14. The summed E-state index contributed by atoms with van der Waals surface area (Å²) in [5, 5.41) is 0. The zero-order chi connectivity index (χ0) is 12.1. The van der Waals surface area contributed by atoms with Gasteiger partial charge in [0.1, 0.15) is 0 Å². The van der Waals surface area contributed by atoms with E-state index in [-0.39, 0.29) is 0 Å². The van der Waals surface area contributed by atoms with E-state index in [2.05, 4.69) is 38.1 Å². The Bertz CT molecular complexity index is 415. The molecule has 2 aromatic heterocycles. The minimum absolute atomic E-state index is 1.15. The third-order valence-corrected chi connectivity index (χ3v) is 7.54. The summed E-state index contributed by atoms with van der Waals surface area (Å²) in [6.07, 6.45) is 0. The number of hydrogen-bond donors (Lipinski definition) is 0. The summed E-state index contributed by atoms with van der Waals surface area (Å²) in [5.41, 5.74) is 0. The zero-order valence-electron chi connectivity index (χ0n) is 9.76. The smallest absolute Gasteiger partial charge is 0.0666 e. The lowest BCUT2D eigenvalue weighted by Crippen LogP contribution is -1.60. The van der Waals surface area contributed by atoms with Crippen molar-refractivity contribution in [1.82, 2.24) is 0 Å². The normalized spacial score (nSPS) is 10.9. The quantitative estimate of drug-likeness (QED) is 0.583. The monoisotopic (exact) mass is 318 g/mol. The van der Waals surface area contributed by atoms with Gasteiger partial charge >= 0.3 is 0 Å². The Balaban J connectivity index is 1.98. The lowest BCUT2D eigenvalue weighted by molar-refractivity contribution is 1.51. The van der Waals surface area contributed by atoms with Crippen LogP contribution in [-0.4, -0.2) is 11.5 Å². The van der Waals surface area contributed by atoms with Crippen LogP contribution in [0.25, 0.3) is 0 Å². The molecule has 5 heteroatoms. The molecule has 0 nitrogen and oxygen atoms in total. The summed E-state index contributed by atoms with van der Waals surface area (Å²) < 4.78 is 5.65. The van der Waals surface area contributed by atoms with Gasteiger partial charge in [-0.2, -0.15) is 0 Å². The molecule has 2 rings (SSSR count). The van der Waals surface area contributed by atoms with Crippen LogP contribution in [0.2, 0.25) is 0 Å². The molecule has 92 valence electrons. The highest BCUT2D eigenvalue weighted by atomic mass is 32.2. The van der Waals surface area contributed by atoms with Gasteiger partial charge in [-0.1, -0.05) is 25.6 Å². The predicted octanol–water partition coefficient (Wildman–Crippen LogP) is 6.18. The zero-order valence-corrected chi connectivity index (χ0v) is 13.8. The van der Waals surface area contributed by atoms with E-state index in [1.54, 1.807) is 0 Å². The molecule has 2 heterocycles. The molecule has 2 aromatic rings. The van der Waals surface area contributed by atoms with Crippen LogP contribution in [0.15, 0.2) is 41.1 Å². The summed E-state index contributed by atoms with van der Waals surface area (Å²) in [4.78, 5) is 0. The van der Waals surface area contributed by atoms with Crippen molar-refractivity contribution in [3.63, 3.8) is 0 Å². The second-order valence-electron chi connectivity index (χ2n) is 3.12. The predicted molar refractivity (Wildman–Crippen MR) is 85.6 cm³/mol. The molecular weight excluding hydrogens is 304 g/mol. The topological polar surface area (TPSA) is 0 Å². The first-order valence-corrected chi connectivity index (χ1v) is 9.87. The third kappa shape index (κ3) is 4.24. The van der Waals surface area contributed by atoms with Crippen molar-refractivity contribution < 1.29 is 0 Å². The van der Waals surface area contributed by atoms with E-state index >= 15 is 0 Å². The Kier molecular flexibility index (Phi) is 5.83. The Labute approximate surface area is 124 Å². The molecule has 0 saturated heterocycles. The molecule has 0 radical (unpaired) electrons. The first-order chi connectivity index (χ1) is 8.31. The van der Waals surface area contributed by atoms with Crippen molar-refractivity contribution >= 4 is 58.0 Å². The lowest BCUT2D eigenvalue weighted by atomic mass is 10.7. The SMILES string of the molecule is CCSc1ccc(Sc2ccc(SCC)s2)s1. The highest BCUT2D eigenvalue weighted by molar-refractivity contribution is 8.05. The van der Waals surface area contributed by atoms with Crippen molar-refractivity contribution in [1.29, 1.82) is 0 Å². The molecule has 0 atom stereocenters. The summed E-state index contributed by atoms with van der Waals surface area (Å²) in [6.45, 7) is 4.40. The van der Waals surface area contributed by atoms with E-state index < -0.39 is 0 Å². The molecule has 17 heavy (non-hydrogen) atoms. The molecular formula is C12H14S5. The van der Waals surface area contributed by atoms with Gasteiger partial charge in [-0.15, -0.1) is 46.2 Å². The molecule has 0 fully saturated rings. The van der Waals surface area contributed by atoms with Gasteiger partial charge in [0.15, 0.2) is 0 Å². The number of thiophene rings is 2. The molecule has 0 amide bonds. The van der Waals surface area contributed by atoms with Crippen molar-refractivity contribution in [3.05, 3.63) is 24.3 Å². The summed E-state index contributed by atoms with van der Waals surface area (Å²) in [5.74, 6) is 2.31. The molecule has 0 aromatic carbocycles. The van der Waals surface area contributed by atoms with Crippen LogP contribution >= 0.6 is 58.0 Å². The van der Waals surface area contributed by atoms with Crippen LogP contribution in [0.4, 0.5) is 0 Å². The standard InChI is InChI=1S/C12H14S5/c1-3-13-9-5-7-11(15-9)17-12-8-6-10(16-12)14-4-2/h5-8H,3-4H2,1-2H3. The first-order valence-electron chi connectivity index (χ1n) is 5.45. The molecule has 0 spiro atoms. The highest BCUT2D eigenvalue weighted by Crippen LogP contribution is 2.41. The average molecular weight is 319 g/mol. The second-order valence-corrected chi connectivity index (χ2v) is 10.0. The minimum Gasteiger partial charge on any atom is -0.122 e. The van der Waals surface area contributed by atoms with E-state index in [0.29, 0.717) is 0 Å². The van der Waals surface area contributed by atoms with E-state index in [9.17, 15) is 0 Å². The van der Waals surface area contributed by atoms with Crippen LogP contribution in [-0.2, 0) is 0 Å². The molecule has 0 bridgehead atoms. The molecule has 0 aliphatic rings. The Morgan fingerprint density at radius 3 is 1.59 bits per heavy atom. The van der Waals surface area contributed by atoms with Crippen LogP contribution in [0.5, 0.6) is 0 Å². The van der Waals surface area contributed by atoms with Gasteiger partial charge in [0.2, 0.25) is 0 Å². The van der Waals surface area contributed by atoms with Gasteiger partial charge in [-0.25, -0.2) is 0 Å². The Hall–Kier alpha value is 0.450. The van der Waals surface area contributed by atoms with Gasteiger partial charge in [0.25, 0.3) is 0 Å². The van der Waals surface area contributed by atoms with Crippen LogP contribution in [0, 0.1) is 0 Å². The summed E-state index contributed by atoms with van der Waals surface area (Å²) >= 11 is 9.54. The van der Waals surface area contributed by atoms with E-state index in [1.807, 2.05) is 58.0 Å². The fourth-order valence-electron chi connectivity index (χ4n) is 1.26. The summed E-state index contributed by atoms with van der Waals surface area (Å²) in [7, 11) is 0. The largest absolute Gasteiger partial charge is 0.122 e. The maximum atomic E-state index is 2.24. The van der Waals surface area contributed by atoms with Crippen LogP contribution in [0.3, 0.4) is 0 Å².